The Balaban J connectivity index is 2.25. The van der Waals surface area contributed by atoms with Gasteiger partial charge in [-0.2, -0.15) is 0 Å². The lowest BCUT2D eigenvalue weighted by molar-refractivity contribution is 0.337. The number of nitrogens with one attached hydrogen (secondary N) is 1. The molecule has 0 aliphatic carbocycles. The van der Waals surface area contributed by atoms with E-state index < -0.39 is 10.0 Å². The molecule has 0 fully saturated rings. The zero-order valence-electron chi connectivity index (χ0n) is 12.2. The van der Waals surface area contributed by atoms with E-state index >= 15 is 0 Å². The zero-order chi connectivity index (χ0) is 15.5. The Morgan fingerprint density at radius 3 is 2.67 bits per heavy atom. The maximum Gasteiger partial charge on any atom is 0.241 e. The molecule has 1 aromatic heterocycles. The van der Waals surface area contributed by atoms with Crippen molar-refractivity contribution in [2.45, 2.75) is 32.2 Å². The van der Waals surface area contributed by atoms with Gasteiger partial charge in [-0.3, -0.25) is 0 Å². The lowest BCUT2D eigenvalue weighted by Gasteiger charge is -2.13. The lowest BCUT2D eigenvalue weighted by atomic mass is 10.1. The van der Waals surface area contributed by atoms with E-state index in [2.05, 4.69) is 9.71 Å². The Kier molecular flexibility index (Phi) is 4.97. The van der Waals surface area contributed by atoms with Gasteiger partial charge in [-0.15, -0.1) is 11.3 Å². The largest absolute Gasteiger partial charge is 0.494 e. The van der Waals surface area contributed by atoms with Crippen LogP contribution in [0.5, 0.6) is 5.75 Å². The molecular weight excluding hydrogens is 308 g/mol. The van der Waals surface area contributed by atoms with Crippen LogP contribution in [0.2, 0.25) is 0 Å². The summed E-state index contributed by atoms with van der Waals surface area (Å²) < 4.78 is 32.8. The van der Waals surface area contributed by atoms with Gasteiger partial charge < -0.3 is 4.74 Å². The summed E-state index contributed by atoms with van der Waals surface area (Å²) in [4.78, 5) is 4.34. The number of ether oxygens (including phenoxy) is 1. The summed E-state index contributed by atoms with van der Waals surface area (Å²) in [5.41, 5.74) is 1.47. The molecule has 1 heterocycles. The maximum absolute atomic E-state index is 12.4. The molecule has 114 valence electrons. The highest BCUT2D eigenvalue weighted by molar-refractivity contribution is 7.89. The molecule has 7 heteroatoms. The topological polar surface area (TPSA) is 68.3 Å². The Morgan fingerprint density at radius 2 is 2.05 bits per heavy atom. The van der Waals surface area contributed by atoms with Gasteiger partial charge in [-0.05, 0) is 44.0 Å². The number of aryl methyl sites for hydroxylation is 2. The summed E-state index contributed by atoms with van der Waals surface area (Å²) in [5.74, 6) is 0.717. The molecule has 0 saturated carbocycles. The average molecular weight is 326 g/mol. The van der Waals surface area contributed by atoms with Crippen LogP contribution >= 0.6 is 11.3 Å². The second-order valence-electron chi connectivity index (χ2n) is 4.57. The van der Waals surface area contributed by atoms with Gasteiger partial charge >= 0.3 is 0 Å². The molecule has 2 aromatic rings. The van der Waals surface area contributed by atoms with Gasteiger partial charge in [-0.25, -0.2) is 18.1 Å². The van der Waals surface area contributed by atoms with Crippen molar-refractivity contribution in [1.29, 1.82) is 0 Å². The van der Waals surface area contributed by atoms with Crippen molar-refractivity contribution in [3.05, 3.63) is 39.8 Å². The van der Waals surface area contributed by atoms with E-state index in [1.165, 1.54) is 11.3 Å². The van der Waals surface area contributed by atoms with Crippen LogP contribution in [0, 0.1) is 13.8 Å². The van der Waals surface area contributed by atoms with Crippen LogP contribution in [-0.4, -0.2) is 20.0 Å². The summed E-state index contributed by atoms with van der Waals surface area (Å²) >= 11 is 1.42. The SMILES string of the molecule is CCOc1cc(C)c(S(=O)(=O)NCc2nccs2)cc1C. The van der Waals surface area contributed by atoms with Crippen molar-refractivity contribution in [2.24, 2.45) is 0 Å². The second-order valence-corrected chi connectivity index (χ2v) is 7.28. The first kappa shape index (κ1) is 15.9. The van der Waals surface area contributed by atoms with Crippen LogP contribution in [0.25, 0.3) is 0 Å². The number of nitrogens with zero attached hydrogens (tertiary/aromatic N) is 1. The van der Waals surface area contributed by atoms with Gasteiger partial charge in [0.25, 0.3) is 0 Å². The fourth-order valence-electron chi connectivity index (χ4n) is 1.94. The number of thiazole rings is 1. The summed E-state index contributed by atoms with van der Waals surface area (Å²) in [7, 11) is -3.56. The average Bonchev–Trinajstić information content (AvgIpc) is 2.94. The summed E-state index contributed by atoms with van der Waals surface area (Å²) in [5, 5.41) is 2.55. The van der Waals surface area contributed by atoms with Gasteiger partial charge in [-0.1, -0.05) is 0 Å². The summed E-state index contributed by atoms with van der Waals surface area (Å²) in [6, 6.07) is 3.40. The van der Waals surface area contributed by atoms with Gasteiger partial charge in [0.1, 0.15) is 10.8 Å². The van der Waals surface area contributed by atoms with Crippen molar-refractivity contribution in [2.75, 3.05) is 6.61 Å². The number of benzene rings is 1. The first-order valence-electron chi connectivity index (χ1n) is 6.56. The minimum Gasteiger partial charge on any atom is -0.494 e. The van der Waals surface area contributed by atoms with E-state index in [0.29, 0.717) is 17.9 Å². The van der Waals surface area contributed by atoms with E-state index in [9.17, 15) is 8.42 Å². The molecule has 0 atom stereocenters. The van der Waals surface area contributed by atoms with Crippen molar-refractivity contribution >= 4 is 21.4 Å². The van der Waals surface area contributed by atoms with Gasteiger partial charge in [0.05, 0.1) is 18.0 Å². The smallest absolute Gasteiger partial charge is 0.241 e. The molecule has 0 bridgehead atoms. The molecular formula is C14H18N2O3S2. The number of rotatable bonds is 6. The van der Waals surface area contributed by atoms with Crippen LogP contribution in [0.4, 0.5) is 0 Å². The van der Waals surface area contributed by atoms with E-state index in [1.807, 2.05) is 19.2 Å². The van der Waals surface area contributed by atoms with Crippen molar-refractivity contribution in [3.8, 4) is 5.75 Å². The van der Waals surface area contributed by atoms with Crippen LogP contribution in [0.1, 0.15) is 23.1 Å². The van der Waals surface area contributed by atoms with Crippen LogP contribution in [0.15, 0.2) is 28.6 Å². The molecule has 1 N–H and O–H groups in total. The molecule has 0 unspecified atom stereocenters. The number of hydrogen-bond donors (Lipinski definition) is 1. The number of sulfonamides is 1. The molecule has 2 rings (SSSR count). The molecule has 1 aromatic carbocycles. The first-order chi connectivity index (χ1) is 9.94. The van der Waals surface area contributed by atoms with Crippen molar-refractivity contribution in [3.63, 3.8) is 0 Å². The van der Waals surface area contributed by atoms with Gasteiger partial charge in [0, 0.05) is 11.6 Å². The standard InChI is InChI=1S/C14H18N2O3S2/c1-4-19-12-7-11(3)13(8-10(12)2)21(17,18)16-9-14-15-5-6-20-14/h5-8,16H,4,9H2,1-3H3. The van der Waals surface area contributed by atoms with Crippen LogP contribution in [0.3, 0.4) is 0 Å². The molecule has 5 nitrogen and oxygen atoms in total. The van der Waals surface area contributed by atoms with E-state index in [1.54, 1.807) is 25.3 Å². The molecule has 0 aliphatic heterocycles. The van der Waals surface area contributed by atoms with Crippen LogP contribution < -0.4 is 9.46 Å². The normalized spacial score (nSPS) is 11.6. The van der Waals surface area contributed by atoms with Crippen molar-refractivity contribution in [1.82, 2.24) is 9.71 Å². The number of hydrogen-bond acceptors (Lipinski definition) is 5. The quantitative estimate of drug-likeness (QED) is 0.886. The Bertz CT molecular complexity index is 710. The lowest BCUT2D eigenvalue weighted by Crippen LogP contribution is -2.24. The molecule has 0 aliphatic rings. The van der Waals surface area contributed by atoms with Gasteiger partial charge in [0.2, 0.25) is 10.0 Å². The van der Waals surface area contributed by atoms with E-state index in [0.717, 1.165) is 10.6 Å². The first-order valence-corrected chi connectivity index (χ1v) is 8.92. The monoisotopic (exact) mass is 326 g/mol. The molecule has 21 heavy (non-hydrogen) atoms. The Morgan fingerprint density at radius 1 is 1.29 bits per heavy atom. The predicted octanol–water partition coefficient (Wildman–Crippen LogP) is 2.64. The Labute approximate surface area is 129 Å². The van der Waals surface area contributed by atoms with E-state index in [-0.39, 0.29) is 11.4 Å². The summed E-state index contributed by atoms with van der Waals surface area (Å²) in [6.45, 7) is 6.25. The minimum absolute atomic E-state index is 0.200. The minimum atomic E-state index is -3.56. The Hall–Kier alpha value is -1.44. The maximum atomic E-state index is 12.4. The third kappa shape index (κ3) is 3.81. The number of aromatic nitrogens is 1. The van der Waals surface area contributed by atoms with Crippen molar-refractivity contribution < 1.29 is 13.2 Å². The predicted molar refractivity (Wildman–Crippen MR) is 83.2 cm³/mol. The molecule has 0 radical (unpaired) electrons. The third-order valence-electron chi connectivity index (χ3n) is 2.96. The van der Waals surface area contributed by atoms with Crippen LogP contribution in [-0.2, 0) is 16.6 Å². The van der Waals surface area contributed by atoms with Gasteiger partial charge in [0.15, 0.2) is 0 Å². The third-order valence-corrected chi connectivity index (χ3v) is 5.28. The fraction of sp³-hybridized carbons (Fsp3) is 0.357. The highest BCUT2D eigenvalue weighted by atomic mass is 32.2. The van der Waals surface area contributed by atoms with E-state index in [4.69, 9.17) is 4.74 Å². The fourth-order valence-corrected chi connectivity index (χ4v) is 3.88. The molecule has 0 spiro atoms. The molecule has 0 amide bonds. The zero-order valence-corrected chi connectivity index (χ0v) is 13.8. The highest BCUT2D eigenvalue weighted by Crippen LogP contribution is 2.26. The summed E-state index contributed by atoms with van der Waals surface area (Å²) in [6.07, 6.45) is 1.65. The molecule has 0 saturated heterocycles. The second kappa shape index (κ2) is 6.55. The highest BCUT2D eigenvalue weighted by Gasteiger charge is 2.19.